The van der Waals surface area contributed by atoms with E-state index in [4.69, 9.17) is 0 Å². The van der Waals surface area contributed by atoms with Crippen LogP contribution < -0.4 is 0 Å². The summed E-state index contributed by atoms with van der Waals surface area (Å²) in [5.74, 6) is -0.188. The van der Waals surface area contributed by atoms with E-state index in [0.717, 1.165) is 12.1 Å². The van der Waals surface area contributed by atoms with E-state index in [9.17, 15) is 8.60 Å². The fourth-order valence-corrected chi connectivity index (χ4v) is 2.82. The molecule has 0 radical (unpaired) electrons. The fraction of sp³-hybridized carbons (Fsp3) is 0.357. The van der Waals surface area contributed by atoms with Crippen LogP contribution in [0, 0.1) is 5.82 Å². The lowest BCUT2D eigenvalue weighted by atomic mass is 10.3. The van der Waals surface area contributed by atoms with Crippen LogP contribution in [0.1, 0.15) is 32.0 Å². The minimum atomic E-state index is -1.40. The number of halogens is 1. The minimum Gasteiger partial charge on any atom is -0.270 e. The summed E-state index contributed by atoms with van der Waals surface area (Å²) in [6.45, 7) is 4.16. The molecule has 3 nitrogen and oxygen atoms in total. The van der Waals surface area contributed by atoms with E-state index < -0.39 is 16.6 Å². The van der Waals surface area contributed by atoms with E-state index in [1.54, 1.807) is 18.2 Å². The summed E-state index contributed by atoms with van der Waals surface area (Å²) < 4.78 is 27.5. The second-order valence-electron chi connectivity index (χ2n) is 4.46. The first-order chi connectivity index (χ1) is 9.11. The van der Waals surface area contributed by atoms with Gasteiger partial charge in [0.15, 0.2) is 0 Å². The molecule has 2 atom stereocenters. The molecule has 1 heterocycles. The van der Waals surface area contributed by atoms with Crippen LogP contribution in [0.25, 0.3) is 0 Å². The molecule has 0 aliphatic carbocycles. The Morgan fingerprint density at radius 2 is 2.11 bits per heavy atom. The molecule has 2 unspecified atom stereocenters. The minimum absolute atomic E-state index is 0.237. The Bertz CT molecular complexity index is 582. The summed E-state index contributed by atoms with van der Waals surface area (Å²) in [6.07, 6.45) is 2.86. The van der Waals surface area contributed by atoms with Gasteiger partial charge >= 0.3 is 0 Å². The first-order valence-corrected chi connectivity index (χ1v) is 7.60. The molecule has 1 aromatic heterocycles. The molecule has 1 aromatic carbocycles. The normalized spacial score (nSPS) is 14.3. The van der Waals surface area contributed by atoms with Gasteiger partial charge in [0.2, 0.25) is 0 Å². The second-order valence-corrected chi connectivity index (χ2v) is 5.88. The SMILES string of the molecule is CCC(C)n1ccc(CS(=O)c2ccccc2F)n1. The van der Waals surface area contributed by atoms with Gasteiger partial charge in [0.05, 0.1) is 27.1 Å². The standard InChI is InChI=1S/C14H17FN2OS/c1-3-11(2)17-9-8-12(16-17)10-19(18)14-7-5-4-6-13(14)15/h4-9,11H,3,10H2,1-2H3. The van der Waals surface area contributed by atoms with Crippen LogP contribution in [-0.2, 0) is 16.6 Å². The maximum atomic E-state index is 13.5. The van der Waals surface area contributed by atoms with Crippen molar-refractivity contribution in [2.45, 2.75) is 37.0 Å². The summed E-state index contributed by atoms with van der Waals surface area (Å²) in [4.78, 5) is 0.237. The van der Waals surface area contributed by atoms with E-state index in [0.29, 0.717) is 6.04 Å². The zero-order valence-electron chi connectivity index (χ0n) is 11.0. The third-order valence-corrected chi connectivity index (χ3v) is 4.45. The van der Waals surface area contributed by atoms with Gasteiger partial charge in [-0.1, -0.05) is 19.1 Å². The van der Waals surface area contributed by atoms with Gasteiger partial charge in [-0.15, -0.1) is 0 Å². The van der Waals surface area contributed by atoms with Crippen molar-refractivity contribution < 1.29 is 8.60 Å². The van der Waals surface area contributed by atoms with Crippen molar-refractivity contribution in [3.05, 3.63) is 48.0 Å². The molecule has 2 rings (SSSR count). The highest BCUT2D eigenvalue weighted by Crippen LogP contribution is 2.16. The summed E-state index contributed by atoms with van der Waals surface area (Å²) in [5, 5.41) is 4.38. The highest BCUT2D eigenvalue weighted by molar-refractivity contribution is 7.84. The Balaban J connectivity index is 2.11. The lowest BCUT2D eigenvalue weighted by Gasteiger charge is -2.08. The largest absolute Gasteiger partial charge is 0.270 e. The number of rotatable bonds is 5. The van der Waals surface area contributed by atoms with Crippen LogP contribution in [-0.4, -0.2) is 14.0 Å². The molecule has 2 aromatic rings. The molecule has 0 spiro atoms. The number of nitrogens with zero attached hydrogens (tertiary/aromatic N) is 2. The number of aromatic nitrogens is 2. The summed E-state index contributed by atoms with van der Waals surface area (Å²) >= 11 is 0. The van der Waals surface area contributed by atoms with Gasteiger partial charge in [-0.2, -0.15) is 5.10 Å². The van der Waals surface area contributed by atoms with Crippen molar-refractivity contribution in [3.8, 4) is 0 Å². The predicted molar refractivity (Wildman–Crippen MR) is 73.7 cm³/mol. The highest BCUT2D eigenvalue weighted by Gasteiger charge is 2.12. The molecule has 0 bridgehead atoms. The fourth-order valence-electron chi connectivity index (χ4n) is 1.73. The molecule has 0 amide bonds. The second kappa shape index (κ2) is 6.10. The average Bonchev–Trinajstić information content (AvgIpc) is 2.86. The van der Waals surface area contributed by atoms with Crippen molar-refractivity contribution in [2.75, 3.05) is 0 Å². The molecular formula is C14H17FN2OS. The van der Waals surface area contributed by atoms with Crippen LogP contribution in [0.2, 0.25) is 0 Å². The van der Waals surface area contributed by atoms with Gasteiger partial charge in [0.1, 0.15) is 5.82 Å². The predicted octanol–water partition coefficient (Wildman–Crippen LogP) is 3.30. The Kier molecular flexibility index (Phi) is 4.47. The van der Waals surface area contributed by atoms with Gasteiger partial charge in [-0.25, -0.2) is 4.39 Å². The van der Waals surface area contributed by atoms with E-state index in [1.807, 2.05) is 16.9 Å². The quantitative estimate of drug-likeness (QED) is 0.842. The average molecular weight is 280 g/mol. The third kappa shape index (κ3) is 3.29. The van der Waals surface area contributed by atoms with Crippen LogP contribution in [0.5, 0.6) is 0 Å². The van der Waals surface area contributed by atoms with Crippen molar-refractivity contribution in [1.82, 2.24) is 9.78 Å². The Morgan fingerprint density at radius 3 is 2.79 bits per heavy atom. The van der Waals surface area contributed by atoms with E-state index in [2.05, 4.69) is 18.9 Å². The van der Waals surface area contributed by atoms with E-state index >= 15 is 0 Å². The molecule has 0 fully saturated rings. The monoisotopic (exact) mass is 280 g/mol. The van der Waals surface area contributed by atoms with Gasteiger partial charge in [-0.05, 0) is 31.5 Å². The molecule has 5 heteroatoms. The van der Waals surface area contributed by atoms with E-state index in [-0.39, 0.29) is 10.6 Å². The summed E-state index contributed by atoms with van der Waals surface area (Å²) in [6, 6.07) is 8.31. The topological polar surface area (TPSA) is 34.9 Å². The zero-order chi connectivity index (χ0) is 13.8. The van der Waals surface area contributed by atoms with Crippen molar-refractivity contribution in [1.29, 1.82) is 0 Å². The third-order valence-electron chi connectivity index (χ3n) is 3.07. The Labute approximate surface area is 114 Å². The molecule has 0 aliphatic heterocycles. The summed E-state index contributed by atoms with van der Waals surface area (Å²) in [5.41, 5.74) is 0.724. The lowest BCUT2D eigenvalue weighted by molar-refractivity contribution is 0.475. The molecular weight excluding hydrogens is 263 g/mol. The van der Waals surface area contributed by atoms with Crippen LogP contribution in [0.15, 0.2) is 41.4 Å². The lowest BCUT2D eigenvalue weighted by Crippen LogP contribution is -2.06. The van der Waals surface area contributed by atoms with Crippen molar-refractivity contribution >= 4 is 10.8 Å². The Morgan fingerprint density at radius 1 is 1.37 bits per heavy atom. The smallest absolute Gasteiger partial charge is 0.139 e. The van der Waals surface area contributed by atoms with Gasteiger partial charge < -0.3 is 0 Å². The van der Waals surface area contributed by atoms with E-state index in [1.165, 1.54) is 6.07 Å². The van der Waals surface area contributed by atoms with Crippen molar-refractivity contribution in [2.24, 2.45) is 0 Å². The molecule has 0 N–H and O–H groups in total. The molecule has 0 saturated carbocycles. The molecule has 19 heavy (non-hydrogen) atoms. The number of hydrogen-bond donors (Lipinski definition) is 0. The maximum Gasteiger partial charge on any atom is 0.139 e. The maximum absolute atomic E-state index is 13.5. The number of benzene rings is 1. The first-order valence-electron chi connectivity index (χ1n) is 6.28. The van der Waals surface area contributed by atoms with Gasteiger partial charge in [0.25, 0.3) is 0 Å². The summed E-state index contributed by atoms with van der Waals surface area (Å²) in [7, 11) is -1.40. The highest BCUT2D eigenvalue weighted by atomic mass is 32.2. The Hall–Kier alpha value is -1.49. The van der Waals surface area contributed by atoms with Crippen LogP contribution >= 0.6 is 0 Å². The molecule has 0 saturated heterocycles. The van der Waals surface area contributed by atoms with Gasteiger partial charge in [0, 0.05) is 12.2 Å². The van der Waals surface area contributed by atoms with Crippen LogP contribution in [0.3, 0.4) is 0 Å². The zero-order valence-corrected chi connectivity index (χ0v) is 11.9. The molecule has 102 valence electrons. The molecule has 0 aliphatic rings. The van der Waals surface area contributed by atoms with Crippen LogP contribution in [0.4, 0.5) is 4.39 Å². The van der Waals surface area contributed by atoms with Crippen molar-refractivity contribution in [3.63, 3.8) is 0 Å². The van der Waals surface area contributed by atoms with Gasteiger partial charge in [-0.3, -0.25) is 8.89 Å². The first kappa shape index (κ1) is 13.9. The number of hydrogen-bond acceptors (Lipinski definition) is 2.